The molecule has 2 aliphatic heterocycles. The number of hydrogen-bond acceptors (Lipinski definition) is 8. The highest BCUT2D eigenvalue weighted by Gasteiger charge is 2.37. The van der Waals surface area contributed by atoms with Gasteiger partial charge in [-0.1, -0.05) is 6.07 Å². The fourth-order valence-electron chi connectivity index (χ4n) is 4.84. The highest BCUT2D eigenvalue weighted by molar-refractivity contribution is 7.89. The van der Waals surface area contributed by atoms with E-state index in [-0.39, 0.29) is 34.6 Å². The van der Waals surface area contributed by atoms with E-state index in [4.69, 9.17) is 4.63 Å². The summed E-state index contributed by atoms with van der Waals surface area (Å²) in [7, 11) is -3.84. The number of benzene rings is 2. The van der Waals surface area contributed by atoms with Gasteiger partial charge < -0.3 is 9.80 Å². The summed E-state index contributed by atoms with van der Waals surface area (Å²) < 4.78 is 32.9. The second-order valence-electron chi connectivity index (χ2n) is 9.01. The van der Waals surface area contributed by atoms with Gasteiger partial charge in [-0.3, -0.25) is 9.59 Å². The number of fused-ring (bicyclic) bond motifs is 1. The van der Waals surface area contributed by atoms with Gasteiger partial charge in [-0.15, -0.1) is 0 Å². The average molecular weight is 498 g/mol. The average Bonchev–Trinajstić information content (AvgIpc) is 3.37. The Labute approximate surface area is 203 Å². The Bertz CT molecular complexity index is 1350. The monoisotopic (exact) mass is 497 g/mol. The Kier molecular flexibility index (Phi) is 6.28. The van der Waals surface area contributed by atoms with Crippen molar-refractivity contribution in [2.24, 2.45) is 5.92 Å². The molecule has 3 aromatic rings. The number of piperazine rings is 1. The molecule has 11 heteroatoms. The molecule has 0 unspecified atom stereocenters. The molecule has 0 saturated carbocycles. The molecule has 0 N–H and O–H groups in total. The van der Waals surface area contributed by atoms with Crippen molar-refractivity contribution in [1.82, 2.24) is 19.5 Å². The third-order valence-electron chi connectivity index (χ3n) is 6.83. The van der Waals surface area contributed by atoms with Crippen LogP contribution in [0.2, 0.25) is 0 Å². The molecule has 1 amide bonds. The van der Waals surface area contributed by atoms with Gasteiger partial charge >= 0.3 is 0 Å². The molecule has 0 radical (unpaired) electrons. The van der Waals surface area contributed by atoms with E-state index in [9.17, 15) is 18.0 Å². The van der Waals surface area contributed by atoms with E-state index in [2.05, 4.69) is 15.2 Å². The molecule has 2 aliphatic rings. The Morgan fingerprint density at radius 3 is 2.43 bits per heavy atom. The molecule has 1 atom stereocenters. The van der Waals surface area contributed by atoms with Gasteiger partial charge in [0.2, 0.25) is 15.9 Å². The van der Waals surface area contributed by atoms with Crippen LogP contribution in [0, 0.1) is 5.92 Å². The summed E-state index contributed by atoms with van der Waals surface area (Å²) in [5.74, 6) is -0.350. The van der Waals surface area contributed by atoms with Gasteiger partial charge in [-0.2, -0.15) is 4.31 Å². The quantitative estimate of drug-likeness (QED) is 0.493. The number of carbonyl (C=O) groups excluding carboxylic acids is 2. The van der Waals surface area contributed by atoms with E-state index >= 15 is 0 Å². The summed E-state index contributed by atoms with van der Waals surface area (Å²) in [5.41, 5.74) is 2.28. The summed E-state index contributed by atoms with van der Waals surface area (Å²) in [6.45, 7) is 4.55. The summed E-state index contributed by atoms with van der Waals surface area (Å²) in [5, 5.41) is 7.50. The van der Waals surface area contributed by atoms with Crippen molar-refractivity contribution in [1.29, 1.82) is 0 Å². The standard InChI is InChI=1S/C24H27N5O5S/c1-17(30)18-7-9-20(10-8-18)27-12-14-28(15-13-27)24(31)19-4-3-11-29(16-19)35(32,33)22-6-2-5-21-23(22)26-34-25-21/h2,5-10,19H,3-4,11-16H2,1H3/t19-/m1/s1. The number of piperidine rings is 1. The molecule has 5 rings (SSSR count). The first-order valence-electron chi connectivity index (χ1n) is 11.7. The van der Waals surface area contributed by atoms with Crippen LogP contribution in [0.5, 0.6) is 0 Å². The summed E-state index contributed by atoms with van der Waals surface area (Å²) in [4.78, 5) is 28.9. The number of amides is 1. The van der Waals surface area contributed by atoms with Gasteiger partial charge in [0.05, 0.1) is 5.92 Å². The van der Waals surface area contributed by atoms with E-state index in [1.54, 1.807) is 19.1 Å². The highest BCUT2D eigenvalue weighted by atomic mass is 32.2. The molecule has 10 nitrogen and oxygen atoms in total. The Morgan fingerprint density at radius 2 is 1.71 bits per heavy atom. The number of anilines is 1. The molecule has 2 saturated heterocycles. The van der Waals surface area contributed by atoms with E-state index in [1.165, 1.54) is 10.4 Å². The lowest BCUT2D eigenvalue weighted by Gasteiger charge is -2.39. The van der Waals surface area contributed by atoms with Crippen LogP contribution in [0.1, 0.15) is 30.1 Å². The number of sulfonamides is 1. The van der Waals surface area contributed by atoms with Crippen molar-refractivity contribution in [3.63, 3.8) is 0 Å². The van der Waals surface area contributed by atoms with Crippen molar-refractivity contribution in [3.8, 4) is 0 Å². The minimum atomic E-state index is -3.84. The molecular weight excluding hydrogens is 470 g/mol. The number of aromatic nitrogens is 2. The van der Waals surface area contributed by atoms with Crippen LogP contribution >= 0.6 is 0 Å². The lowest BCUT2D eigenvalue weighted by atomic mass is 9.97. The largest absolute Gasteiger partial charge is 0.368 e. The van der Waals surface area contributed by atoms with E-state index < -0.39 is 10.0 Å². The Morgan fingerprint density at radius 1 is 0.971 bits per heavy atom. The molecule has 0 spiro atoms. The summed E-state index contributed by atoms with van der Waals surface area (Å²) in [6, 6.07) is 12.3. The minimum absolute atomic E-state index is 0.00205. The first-order chi connectivity index (χ1) is 16.8. The predicted molar refractivity (Wildman–Crippen MR) is 129 cm³/mol. The Hall–Kier alpha value is -3.31. The lowest BCUT2D eigenvalue weighted by Crippen LogP contribution is -2.53. The molecular formula is C24H27N5O5S. The first kappa shape index (κ1) is 23.4. The maximum absolute atomic E-state index is 13.4. The predicted octanol–water partition coefficient (Wildman–Crippen LogP) is 2.17. The van der Waals surface area contributed by atoms with Crippen LogP contribution in [0.15, 0.2) is 52.0 Å². The molecule has 2 fully saturated rings. The maximum Gasteiger partial charge on any atom is 0.245 e. The SMILES string of the molecule is CC(=O)c1ccc(N2CCN(C(=O)[C@@H]3CCCN(S(=O)(=O)c4cccc5nonc45)C3)CC2)cc1. The fraction of sp³-hybridized carbons (Fsp3) is 0.417. The number of hydrogen-bond donors (Lipinski definition) is 0. The van der Waals surface area contributed by atoms with Gasteiger partial charge in [0, 0.05) is 50.5 Å². The highest BCUT2D eigenvalue weighted by Crippen LogP contribution is 2.29. The van der Waals surface area contributed by atoms with Gasteiger partial charge in [0.1, 0.15) is 10.4 Å². The van der Waals surface area contributed by atoms with E-state index in [0.29, 0.717) is 56.6 Å². The van der Waals surface area contributed by atoms with Crippen molar-refractivity contribution < 1.29 is 22.6 Å². The number of ketones is 1. The number of nitrogens with zero attached hydrogens (tertiary/aromatic N) is 5. The topological polar surface area (TPSA) is 117 Å². The summed E-state index contributed by atoms with van der Waals surface area (Å²) in [6.07, 6.45) is 1.28. The van der Waals surface area contributed by atoms with Crippen LogP contribution in [0.4, 0.5) is 5.69 Å². The van der Waals surface area contributed by atoms with Crippen molar-refractivity contribution in [3.05, 3.63) is 48.0 Å². The second-order valence-corrected chi connectivity index (χ2v) is 10.9. The molecule has 0 aliphatic carbocycles. The number of carbonyl (C=O) groups is 2. The minimum Gasteiger partial charge on any atom is -0.368 e. The van der Waals surface area contributed by atoms with E-state index in [0.717, 1.165) is 5.69 Å². The second kappa shape index (κ2) is 9.38. The molecule has 35 heavy (non-hydrogen) atoms. The normalized spacial score (nSPS) is 19.7. The lowest BCUT2D eigenvalue weighted by molar-refractivity contribution is -0.137. The van der Waals surface area contributed by atoms with Crippen LogP contribution < -0.4 is 4.90 Å². The zero-order valence-electron chi connectivity index (χ0n) is 19.5. The molecule has 0 bridgehead atoms. The Balaban J connectivity index is 1.23. The van der Waals surface area contributed by atoms with Crippen molar-refractivity contribution >= 4 is 38.4 Å². The number of Topliss-reactive ketones (excluding diaryl/α,β-unsaturated/α-hetero) is 1. The van der Waals surface area contributed by atoms with Crippen LogP contribution in [0.3, 0.4) is 0 Å². The van der Waals surface area contributed by atoms with Gasteiger partial charge in [0.25, 0.3) is 0 Å². The molecule has 2 aromatic carbocycles. The zero-order valence-corrected chi connectivity index (χ0v) is 20.3. The number of rotatable bonds is 5. The third kappa shape index (κ3) is 4.53. The molecule has 1 aromatic heterocycles. The van der Waals surface area contributed by atoms with Gasteiger partial charge in [-0.25, -0.2) is 13.0 Å². The van der Waals surface area contributed by atoms with Crippen LogP contribution in [0.25, 0.3) is 11.0 Å². The van der Waals surface area contributed by atoms with Crippen LogP contribution in [-0.2, 0) is 14.8 Å². The fourth-order valence-corrected chi connectivity index (χ4v) is 6.50. The molecule has 3 heterocycles. The molecule has 184 valence electrons. The maximum atomic E-state index is 13.4. The smallest absolute Gasteiger partial charge is 0.245 e. The van der Waals surface area contributed by atoms with Crippen LogP contribution in [-0.4, -0.2) is 78.9 Å². The van der Waals surface area contributed by atoms with E-state index in [1.807, 2.05) is 29.2 Å². The third-order valence-corrected chi connectivity index (χ3v) is 8.73. The summed E-state index contributed by atoms with van der Waals surface area (Å²) >= 11 is 0. The van der Waals surface area contributed by atoms with Gasteiger partial charge in [0.15, 0.2) is 11.3 Å². The van der Waals surface area contributed by atoms with Crippen molar-refractivity contribution in [2.75, 3.05) is 44.2 Å². The van der Waals surface area contributed by atoms with Crippen molar-refractivity contribution in [2.45, 2.75) is 24.7 Å². The zero-order chi connectivity index (χ0) is 24.6. The first-order valence-corrected chi connectivity index (χ1v) is 13.1. The van der Waals surface area contributed by atoms with Gasteiger partial charge in [-0.05, 0) is 66.5 Å².